The van der Waals surface area contributed by atoms with Crippen LogP contribution < -0.4 is 0 Å². The van der Waals surface area contributed by atoms with Gasteiger partial charge in [-0.2, -0.15) is 0 Å². The van der Waals surface area contributed by atoms with Crippen molar-refractivity contribution in [1.82, 2.24) is 9.97 Å². The predicted octanol–water partition coefficient (Wildman–Crippen LogP) is 3.62. The number of aryl methyl sites for hydroxylation is 1. The summed E-state index contributed by atoms with van der Waals surface area (Å²) in [5.74, 6) is -1.43. The normalized spacial score (nSPS) is 16.4. The molecule has 0 aliphatic heterocycles. The summed E-state index contributed by atoms with van der Waals surface area (Å²) in [4.78, 5) is 30.9. The van der Waals surface area contributed by atoms with Crippen LogP contribution in [0.4, 0.5) is 0 Å². The quantitative estimate of drug-likeness (QED) is 0.763. The van der Waals surface area contributed by atoms with E-state index in [0.29, 0.717) is 12.0 Å². The van der Waals surface area contributed by atoms with Crippen molar-refractivity contribution in [3.63, 3.8) is 0 Å². The molecule has 1 aromatic carbocycles. The number of rotatable bonds is 4. The van der Waals surface area contributed by atoms with Gasteiger partial charge in [-0.25, -0.2) is 4.98 Å². The fourth-order valence-corrected chi connectivity index (χ4v) is 3.64. The van der Waals surface area contributed by atoms with Crippen molar-refractivity contribution in [3.8, 4) is 11.1 Å². The largest absolute Gasteiger partial charge is 0.481 e. The minimum atomic E-state index is -0.930. The fourth-order valence-electron chi connectivity index (χ4n) is 3.64. The highest BCUT2D eigenvalue weighted by molar-refractivity contribution is 6.04. The number of aromatic amines is 1. The summed E-state index contributed by atoms with van der Waals surface area (Å²) in [7, 11) is 0. The monoisotopic (exact) mass is 334 g/mol. The second kappa shape index (κ2) is 5.84. The van der Waals surface area contributed by atoms with Crippen LogP contribution in [0.15, 0.2) is 36.7 Å². The van der Waals surface area contributed by atoms with Crippen LogP contribution in [0.1, 0.15) is 34.8 Å². The second-order valence-electron chi connectivity index (χ2n) is 6.52. The van der Waals surface area contributed by atoms with Gasteiger partial charge in [-0.1, -0.05) is 25.1 Å². The maximum absolute atomic E-state index is 12.3. The average Bonchev–Trinajstić information content (AvgIpc) is 3.14. The van der Waals surface area contributed by atoms with Crippen LogP contribution >= 0.6 is 0 Å². The molecule has 1 aliphatic rings. The average molecular weight is 334 g/mol. The molecule has 0 saturated heterocycles. The number of nitrogens with zero attached hydrogens (tertiary/aromatic N) is 1. The summed E-state index contributed by atoms with van der Waals surface area (Å²) >= 11 is 0. The lowest BCUT2D eigenvalue weighted by Gasteiger charge is -2.05. The first-order chi connectivity index (χ1) is 12.1. The number of aromatic nitrogens is 2. The smallest absolute Gasteiger partial charge is 0.304 e. The molecular formula is C20H18N2O3. The van der Waals surface area contributed by atoms with Crippen molar-refractivity contribution >= 4 is 22.8 Å². The Morgan fingerprint density at radius 1 is 1.32 bits per heavy atom. The zero-order valence-corrected chi connectivity index (χ0v) is 13.9. The molecule has 0 amide bonds. The number of Topliss-reactive ketones (excluding diaryl/α,β-unsaturated/α-hetero) is 1. The molecule has 0 spiro atoms. The minimum Gasteiger partial charge on any atom is -0.481 e. The number of nitrogens with one attached hydrogen (secondary N) is 1. The topological polar surface area (TPSA) is 83.1 Å². The van der Waals surface area contributed by atoms with E-state index >= 15 is 0 Å². The minimum absolute atomic E-state index is 0.0589. The zero-order valence-electron chi connectivity index (χ0n) is 13.9. The number of carbonyl (C=O) groups excluding carboxylic acids is 1. The van der Waals surface area contributed by atoms with E-state index in [2.05, 4.69) is 23.0 Å². The van der Waals surface area contributed by atoms with Gasteiger partial charge >= 0.3 is 5.97 Å². The predicted molar refractivity (Wildman–Crippen MR) is 94.7 cm³/mol. The van der Waals surface area contributed by atoms with Gasteiger partial charge in [0.1, 0.15) is 5.65 Å². The molecule has 5 heteroatoms. The Morgan fingerprint density at radius 2 is 2.16 bits per heavy atom. The Labute approximate surface area is 144 Å². The maximum atomic E-state index is 12.3. The van der Waals surface area contributed by atoms with E-state index in [0.717, 1.165) is 34.1 Å². The third-order valence-corrected chi connectivity index (χ3v) is 4.96. The molecule has 2 N–H and O–H groups in total. The van der Waals surface area contributed by atoms with Gasteiger partial charge in [0.05, 0.1) is 6.42 Å². The summed E-state index contributed by atoms with van der Waals surface area (Å²) in [5.41, 5.74) is 5.68. The highest BCUT2D eigenvalue weighted by Crippen LogP contribution is 2.33. The molecule has 0 radical (unpaired) electrons. The van der Waals surface area contributed by atoms with Crippen LogP contribution in [0.3, 0.4) is 0 Å². The van der Waals surface area contributed by atoms with E-state index in [-0.39, 0.29) is 12.2 Å². The molecule has 1 aliphatic carbocycles. The lowest BCUT2D eigenvalue weighted by Crippen LogP contribution is -2.13. The number of H-pyrrole nitrogens is 1. The molecule has 5 nitrogen and oxygen atoms in total. The highest BCUT2D eigenvalue weighted by atomic mass is 16.4. The first-order valence-electron chi connectivity index (χ1n) is 8.42. The number of carboxylic acid groups (broad SMARTS) is 1. The van der Waals surface area contributed by atoms with Crippen molar-refractivity contribution in [1.29, 1.82) is 0 Å². The van der Waals surface area contributed by atoms with Crippen LogP contribution in [0.5, 0.6) is 0 Å². The van der Waals surface area contributed by atoms with Gasteiger partial charge in [0.2, 0.25) is 0 Å². The number of aliphatic carboxylic acids is 1. The van der Waals surface area contributed by atoms with Crippen molar-refractivity contribution in [3.05, 3.63) is 53.3 Å². The summed E-state index contributed by atoms with van der Waals surface area (Å²) in [6.45, 7) is 2.11. The first kappa shape index (κ1) is 15.6. The van der Waals surface area contributed by atoms with Gasteiger partial charge in [-0.3, -0.25) is 9.59 Å². The molecular weight excluding hydrogens is 316 g/mol. The van der Waals surface area contributed by atoms with Gasteiger partial charge in [0.25, 0.3) is 0 Å². The molecule has 1 atom stereocenters. The highest BCUT2D eigenvalue weighted by Gasteiger charge is 2.32. The molecule has 2 heterocycles. The summed E-state index contributed by atoms with van der Waals surface area (Å²) in [6.07, 6.45) is 5.12. The Bertz CT molecular complexity index is 1000. The number of benzene rings is 1. The van der Waals surface area contributed by atoms with Crippen molar-refractivity contribution in [2.24, 2.45) is 5.92 Å². The molecule has 0 saturated carbocycles. The lowest BCUT2D eigenvalue weighted by molar-refractivity contribution is -0.137. The summed E-state index contributed by atoms with van der Waals surface area (Å²) in [5, 5.41) is 10.1. The molecule has 0 bridgehead atoms. The Hall–Kier alpha value is -2.95. The molecule has 25 heavy (non-hydrogen) atoms. The van der Waals surface area contributed by atoms with E-state index in [9.17, 15) is 9.59 Å². The second-order valence-corrected chi connectivity index (χ2v) is 6.52. The number of hydrogen-bond donors (Lipinski definition) is 2. The standard InChI is InChI=1S/C20H18N2O3/c1-2-11-9-21-20-17(11)7-15(10-22-20)12-3-4-16-13(5-12)6-14(19(16)25)8-18(23)24/h3-5,7,9-10,14H,2,6,8H2,1H3,(H,21,22)(H,23,24). The van der Waals surface area contributed by atoms with Crippen LogP contribution in [0.2, 0.25) is 0 Å². The van der Waals surface area contributed by atoms with Crippen molar-refractivity contribution < 1.29 is 14.7 Å². The van der Waals surface area contributed by atoms with E-state index in [1.54, 1.807) is 0 Å². The molecule has 1 unspecified atom stereocenters. The number of carbonyl (C=O) groups is 2. The number of pyridine rings is 1. The van der Waals surface area contributed by atoms with Crippen molar-refractivity contribution in [2.75, 3.05) is 0 Å². The molecule has 3 aromatic rings. The van der Waals surface area contributed by atoms with Crippen LogP contribution in [0, 0.1) is 5.92 Å². The molecule has 0 fully saturated rings. The van der Waals surface area contributed by atoms with E-state index in [1.165, 1.54) is 5.56 Å². The summed E-state index contributed by atoms with van der Waals surface area (Å²) < 4.78 is 0. The van der Waals surface area contributed by atoms with Crippen LogP contribution in [-0.2, 0) is 17.6 Å². The summed E-state index contributed by atoms with van der Waals surface area (Å²) in [6, 6.07) is 7.85. The fraction of sp³-hybridized carbons (Fsp3) is 0.250. The number of carboxylic acids is 1. The molecule has 4 rings (SSSR count). The molecule has 2 aromatic heterocycles. The van der Waals surface area contributed by atoms with Gasteiger partial charge < -0.3 is 10.1 Å². The number of hydrogen-bond acceptors (Lipinski definition) is 3. The third kappa shape index (κ3) is 2.61. The Morgan fingerprint density at radius 3 is 2.92 bits per heavy atom. The molecule has 126 valence electrons. The van der Waals surface area contributed by atoms with Crippen LogP contribution in [0.25, 0.3) is 22.2 Å². The van der Waals surface area contributed by atoms with Gasteiger partial charge in [0.15, 0.2) is 5.78 Å². The SMILES string of the molecule is CCc1c[nH]c2ncc(-c3ccc4c(c3)CC(CC(=O)O)C4=O)cc12. The first-order valence-corrected chi connectivity index (χ1v) is 8.42. The van der Waals surface area contributed by atoms with Gasteiger partial charge in [0, 0.05) is 34.8 Å². The van der Waals surface area contributed by atoms with E-state index < -0.39 is 11.9 Å². The maximum Gasteiger partial charge on any atom is 0.304 e. The van der Waals surface area contributed by atoms with Crippen molar-refractivity contribution in [2.45, 2.75) is 26.2 Å². The third-order valence-electron chi connectivity index (χ3n) is 4.96. The number of ketones is 1. The lowest BCUT2D eigenvalue weighted by atomic mass is 10.0. The Kier molecular flexibility index (Phi) is 3.64. The Balaban J connectivity index is 1.72. The van der Waals surface area contributed by atoms with Gasteiger partial charge in [-0.15, -0.1) is 0 Å². The number of fused-ring (bicyclic) bond motifs is 2. The van der Waals surface area contributed by atoms with E-state index in [4.69, 9.17) is 5.11 Å². The zero-order chi connectivity index (χ0) is 17.6. The van der Waals surface area contributed by atoms with Gasteiger partial charge in [-0.05, 0) is 35.6 Å². The van der Waals surface area contributed by atoms with E-state index in [1.807, 2.05) is 30.6 Å². The van der Waals surface area contributed by atoms with Crippen LogP contribution in [-0.4, -0.2) is 26.8 Å².